The predicted octanol–water partition coefficient (Wildman–Crippen LogP) is 3.97. The maximum Gasteiger partial charge on any atom is 0.257 e. The van der Waals surface area contributed by atoms with Gasteiger partial charge in [0, 0.05) is 34.9 Å². The molecule has 0 unspecified atom stereocenters. The average molecular weight is 388 g/mol. The lowest BCUT2D eigenvalue weighted by molar-refractivity contribution is -0.133. The quantitative estimate of drug-likeness (QED) is 0.797. The Bertz CT molecular complexity index is 901. The van der Waals surface area contributed by atoms with Crippen LogP contribution in [-0.2, 0) is 11.3 Å². The summed E-state index contributed by atoms with van der Waals surface area (Å²) in [5.74, 6) is 0.424. The van der Waals surface area contributed by atoms with Crippen LogP contribution in [0.5, 0.6) is 0 Å². The summed E-state index contributed by atoms with van der Waals surface area (Å²) in [5.41, 5.74) is 1.78. The smallest absolute Gasteiger partial charge is 0.257 e. The van der Waals surface area contributed by atoms with E-state index in [4.69, 9.17) is 11.6 Å². The Labute approximate surface area is 165 Å². The molecule has 1 heterocycles. The molecule has 1 aromatic carbocycles. The van der Waals surface area contributed by atoms with Crippen LogP contribution in [0.25, 0.3) is 11.4 Å². The van der Waals surface area contributed by atoms with E-state index in [9.17, 15) is 9.59 Å². The van der Waals surface area contributed by atoms with Crippen molar-refractivity contribution < 1.29 is 4.79 Å². The molecule has 1 aromatic heterocycles. The summed E-state index contributed by atoms with van der Waals surface area (Å²) < 4.78 is 1.48. The van der Waals surface area contributed by atoms with E-state index in [1.54, 1.807) is 19.1 Å². The minimum Gasteiger partial charge on any atom is -0.341 e. The van der Waals surface area contributed by atoms with E-state index in [-0.39, 0.29) is 24.1 Å². The van der Waals surface area contributed by atoms with Gasteiger partial charge in [-0.2, -0.15) is 0 Å². The Morgan fingerprint density at radius 2 is 1.96 bits per heavy atom. The van der Waals surface area contributed by atoms with E-state index in [0.717, 1.165) is 31.2 Å². The zero-order valence-corrected chi connectivity index (χ0v) is 16.9. The van der Waals surface area contributed by atoms with Gasteiger partial charge >= 0.3 is 0 Å². The molecular formula is C21H26ClN3O2. The van der Waals surface area contributed by atoms with Gasteiger partial charge < -0.3 is 4.90 Å². The first-order chi connectivity index (χ1) is 12.9. The van der Waals surface area contributed by atoms with E-state index < -0.39 is 0 Å². The number of benzene rings is 1. The minimum absolute atomic E-state index is 0.0121. The Kier molecular flexibility index (Phi) is 6.00. The lowest BCUT2D eigenvalue weighted by Gasteiger charge is -2.31. The summed E-state index contributed by atoms with van der Waals surface area (Å²) in [7, 11) is 1.84. The molecule has 2 aromatic rings. The van der Waals surface area contributed by atoms with Crippen LogP contribution in [0.2, 0.25) is 5.02 Å². The molecule has 0 aliphatic heterocycles. The summed E-state index contributed by atoms with van der Waals surface area (Å²) in [6.07, 6.45) is 5.60. The van der Waals surface area contributed by atoms with Crippen LogP contribution in [0, 0.1) is 13.8 Å². The van der Waals surface area contributed by atoms with E-state index in [0.29, 0.717) is 22.1 Å². The van der Waals surface area contributed by atoms with Crippen molar-refractivity contribution in [2.45, 2.75) is 58.5 Å². The van der Waals surface area contributed by atoms with Crippen molar-refractivity contribution in [2.75, 3.05) is 7.05 Å². The predicted molar refractivity (Wildman–Crippen MR) is 108 cm³/mol. The number of aryl methyl sites for hydroxylation is 1. The van der Waals surface area contributed by atoms with Crippen molar-refractivity contribution >= 4 is 17.5 Å². The second-order valence-corrected chi connectivity index (χ2v) is 7.78. The lowest BCUT2D eigenvalue weighted by atomic mass is 9.94. The van der Waals surface area contributed by atoms with Gasteiger partial charge in [0.25, 0.3) is 5.56 Å². The van der Waals surface area contributed by atoms with Crippen molar-refractivity contribution in [1.82, 2.24) is 14.5 Å². The third kappa shape index (κ3) is 4.24. The standard InChI is InChI=1S/C21H26ClN3O2/c1-14-15(2)23-20(16-8-7-9-17(22)12-16)25(21(14)27)13-19(26)24(3)18-10-5-4-6-11-18/h7-9,12,18H,4-6,10-11,13H2,1-3H3. The van der Waals surface area contributed by atoms with Crippen molar-refractivity contribution in [2.24, 2.45) is 0 Å². The van der Waals surface area contributed by atoms with Crippen LogP contribution in [0.15, 0.2) is 29.1 Å². The third-order valence-corrected chi connectivity index (χ3v) is 5.77. The molecule has 144 valence electrons. The van der Waals surface area contributed by atoms with E-state index >= 15 is 0 Å². The molecule has 27 heavy (non-hydrogen) atoms. The molecule has 0 bridgehead atoms. The number of hydrogen-bond donors (Lipinski definition) is 0. The number of likely N-dealkylation sites (N-methyl/N-ethyl adjacent to an activating group) is 1. The summed E-state index contributed by atoms with van der Waals surface area (Å²) >= 11 is 6.13. The zero-order chi connectivity index (χ0) is 19.6. The highest BCUT2D eigenvalue weighted by atomic mass is 35.5. The maximum atomic E-state index is 12.9. The van der Waals surface area contributed by atoms with Crippen molar-refractivity contribution in [3.05, 3.63) is 50.9 Å². The second-order valence-electron chi connectivity index (χ2n) is 7.34. The molecule has 1 amide bonds. The fourth-order valence-corrected chi connectivity index (χ4v) is 3.86. The summed E-state index contributed by atoms with van der Waals surface area (Å²) in [6, 6.07) is 7.48. The highest BCUT2D eigenvalue weighted by molar-refractivity contribution is 6.30. The maximum absolute atomic E-state index is 12.9. The third-order valence-electron chi connectivity index (χ3n) is 5.53. The minimum atomic E-state index is -0.178. The van der Waals surface area contributed by atoms with Crippen LogP contribution in [0.1, 0.15) is 43.4 Å². The molecule has 5 nitrogen and oxygen atoms in total. The molecule has 0 atom stereocenters. The molecule has 0 radical (unpaired) electrons. The van der Waals surface area contributed by atoms with E-state index in [1.165, 1.54) is 11.0 Å². The fourth-order valence-electron chi connectivity index (χ4n) is 3.67. The SMILES string of the molecule is Cc1nc(-c2cccc(Cl)c2)n(CC(=O)N(C)C2CCCCC2)c(=O)c1C. The fraction of sp³-hybridized carbons (Fsp3) is 0.476. The van der Waals surface area contributed by atoms with Gasteiger partial charge in [-0.05, 0) is 38.8 Å². The highest BCUT2D eigenvalue weighted by Crippen LogP contribution is 2.23. The van der Waals surface area contributed by atoms with E-state index in [2.05, 4.69) is 4.98 Å². The number of hydrogen-bond acceptors (Lipinski definition) is 3. The number of nitrogens with zero attached hydrogens (tertiary/aromatic N) is 3. The first kappa shape index (κ1) is 19.6. The molecule has 3 rings (SSSR count). The topological polar surface area (TPSA) is 55.2 Å². The summed E-state index contributed by atoms with van der Waals surface area (Å²) in [4.78, 5) is 32.3. The normalized spacial score (nSPS) is 15.0. The molecule has 1 saturated carbocycles. The molecule has 0 spiro atoms. The van der Waals surface area contributed by atoms with Crippen molar-refractivity contribution in [3.8, 4) is 11.4 Å². The first-order valence-electron chi connectivity index (χ1n) is 9.48. The van der Waals surface area contributed by atoms with Gasteiger partial charge in [-0.1, -0.05) is 43.0 Å². The average Bonchev–Trinajstić information content (AvgIpc) is 2.68. The monoisotopic (exact) mass is 387 g/mol. The zero-order valence-electron chi connectivity index (χ0n) is 16.2. The van der Waals surface area contributed by atoms with E-state index in [1.807, 2.05) is 31.0 Å². The number of rotatable bonds is 4. The highest BCUT2D eigenvalue weighted by Gasteiger charge is 2.24. The molecule has 1 aliphatic rings. The van der Waals surface area contributed by atoms with Gasteiger partial charge in [0.2, 0.25) is 5.91 Å². The number of amides is 1. The Hall–Kier alpha value is -2.14. The van der Waals surface area contributed by atoms with Gasteiger partial charge in [0.15, 0.2) is 0 Å². The van der Waals surface area contributed by atoms with Crippen LogP contribution in [0.3, 0.4) is 0 Å². The van der Waals surface area contributed by atoms with Crippen LogP contribution in [-0.4, -0.2) is 33.4 Å². The van der Waals surface area contributed by atoms with Gasteiger partial charge in [0.1, 0.15) is 12.4 Å². The van der Waals surface area contributed by atoms with Crippen LogP contribution >= 0.6 is 11.6 Å². The Balaban J connectivity index is 1.97. The Morgan fingerprint density at radius 3 is 2.63 bits per heavy atom. The number of halogens is 1. The molecule has 1 fully saturated rings. The number of aromatic nitrogens is 2. The van der Waals surface area contributed by atoms with Gasteiger partial charge in [-0.25, -0.2) is 4.98 Å². The van der Waals surface area contributed by atoms with Crippen molar-refractivity contribution in [1.29, 1.82) is 0 Å². The Morgan fingerprint density at radius 1 is 1.26 bits per heavy atom. The van der Waals surface area contributed by atoms with Crippen LogP contribution in [0.4, 0.5) is 0 Å². The second kappa shape index (κ2) is 8.26. The first-order valence-corrected chi connectivity index (χ1v) is 9.86. The number of carbonyl (C=O) groups is 1. The molecule has 1 aliphatic carbocycles. The molecular weight excluding hydrogens is 362 g/mol. The molecule has 0 N–H and O–H groups in total. The largest absolute Gasteiger partial charge is 0.341 e. The molecule has 6 heteroatoms. The van der Waals surface area contributed by atoms with Gasteiger partial charge in [-0.3, -0.25) is 14.2 Å². The van der Waals surface area contributed by atoms with Gasteiger partial charge in [0.05, 0.1) is 0 Å². The lowest BCUT2D eigenvalue weighted by Crippen LogP contribution is -2.42. The van der Waals surface area contributed by atoms with Gasteiger partial charge in [-0.15, -0.1) is 0 Å². The number of carbonyl (C=O) groups excluding carboxylic acids is 1. The van der Waals surface area contributed by atoms with Crippen LogP contribution < -0.4 is 5.56 Å². The summed E-state index contributed by atoms with van der Waals surface area (Å²) in [6.45, 7) is 3.55. The summed E-state index contributed by atoms with van der Waals surface area (Å²) in [5, 5.41) is 0.567. The van der Waals surface area contributed by atoms with Crippen molar-refractivity contribution in [3.63, 3.8) is 0 Å². The molecule has 0 saturated heterocycles.